The first-order valence-electron chi connectivity index (χ1n) is 6.69. The van der Waals surface area contributed by atoms with E-state index in [0.717, 1.165) is 6.54 Å². The van der Waals surface area contributed by atoms with Gasteiger partial charge in [-0.2, -0.15) is 0 Å². The van der Waals surface area contributed by atoms with E-state index >= 15 is 0 Å². The van der Waals surface area contributed by atoms with Crippen LogP contribution in [0.5, 0.6) is 0 Å². The van der Waals surface area contributed by atoms with E-state index in [4.69, 9.17) is 0 Å². The summed E-state index contributed by atoms with van der Waals surface area (Å²) in [5, 5.41) is 3.55. The minimum atomic E-state index is 0.709. The summed E-state index contributed by atoms with van der Waals surface area (Å²) in [6.07, 6.45) is 2.37. The third-order valence-electron chi connectivity index (χ3n) is 3.88. The molecule has 0 fully saturated rings. The molecule has 3 rings (SSSR count). The van der Waals surface area contributed by atoms with Crippen LogP contribution < -0.4 is 5.32 Å². The highest BCUT2D eigenvalue weighted by Crippen LogP contribution is 2.26. The summed E-state index contributed by atoms with van der Waals surface area (Å²) in [5.41, 5.74) is 5.68. The van der Waals surface area contributed by atoms with Crippen molar-refractivity contribution in [2.45, 2.75) is 19.8 Å². The lowest BCUT2D eigenvalue weighted by Crippen LogP contribution is -2.25. The van der Waals surface area contributed by atoms with E-state index in [1.54, 1.807) is 0 Å². The number of rotatable bonds is 2. The van der Waals surface area contributed by atoms with E-state index in [2.05, 4.69) is 60.8 Å². The normalized spacial score (nSPS) is 17.9. The molecule has 0 radical (unpaired) electrons. The molecule has 1 unspecified atom stereocenters. The van der Waals surface area contributed by atoms with Crippen LogP contribution in [-0.2, 0) is 12.8 Å². The highest BCUT2D eigenvalue weighted by molar-refractivity contribution is 5.53. The van der Waals surface area contributed by atoms with E-state index in [-0.39, 0.29) is 0 Å². The number of anilines is 1. The fourth-order valence-corrected chi connectivity index (χ4v) is 2.80. The maximum absolute atomic E-state index is 3.55. The Labute approximate surface area is 109 Å². The van der Waals surface area contributed by atoms with E-state index in [9.17, 15) is 0 Å². The molecule has 1 aliphatic rings. The summed E-state index contributed by atoms with van der Waals surface area (Å²) in [7, 11) is 0. The van der Waals surface area contributed by atoms with Gasteiger partial charge in [-0.15, -0.1) is 0 Å². The highest BCUT2D eigenvalue weighted by Gasteiger charge is 2.18. The van der Waals surface area contributed by atoms with Gasteiger partial charge in [-0.05, 0) is 48.4 Å². The van der Waals surface area contributed by atoms with E-state index in [1.165, 1.54) is 35.2 Å². The van der Waals surface area contributed by atoms with Crippen molar-refractivity contribution >= 4 is 5.69 Å². The lowest BCUT2D eigenvalue weighted by Gasteiger charge is -2.26. The van der Waals surface area contributed by atoms with Crippen LogP contribution in [0.4, 0.5) is 5.69 Å². The quantitative estimate of drug-likeness (QED) is 0.837. The summed E-state index contributed by atoms with van der Waals surface area (Å²) in [6.45, 7) is 3.30. The fraction of sp³-hybridized carbons (Fsp3) is 0.294. The van der Waals surface area contributed by atoms with E-state index < -0.39 is 0 Å². The van der Waals surface area contributed by atoms with Gasteiger partial charge in [-0.25, -0.2) is 0 Å². The SMILES string of the molecule is Cc1ccccc1CC1CNc2ccccc2C1. The highest BCUT2D eigenvalue weighted by atomic mass is 14.9. The van der Waals surface area contributed by atoms with Crippen molar-refractivity contribution in [1.29, 1.82) is 0 Å². The van der Waals surface area contributed by atoms with Crippen molar-refractivity contribution in [3.63, 3.8) is 0 Å². The average Bonchev–Trinajstić information content (AvgIpc) is 2.41. The van der Waals surface area contributed by atoms with E-state index in [1.807, 2.05) is 0 Å². The van der Waals surface area contributed by atoms with Gasteiger partial charge in [-0.3, -0.25) is 0 Å². The summed E-state index contributed by atoms with van der Waals surface area (Å²) < 4.78 is 0. The minimum Gasteiger partial charge on any atom is -0.385 e. The zero-order valence-electron chi connectivity index (χ0n) is 10.8. The van der Waals surface area contributed by atoms with Crippen molar-refractivity contribution in [1.82, 2.24) is 0 Å². The number of nitrogens with one attached hydrogen (secondary N) is 1. The third-order valence-corrected chi connectivity index (χ3v) is 3.88. The number of hydrogen-bond donors (Lipinski definition) is 1. The van der Waals surface area contributed by atoms with Gasteiger partial charge >= 0.3 is 0 Å². The van der Waals surface area contributed by atoms with Gasteiger partial charge in [0.1, 0.15) is 0 Å². The van der Waals surface area contributed by atoms with Gasteiger partial charge in [0.2, 0.25) is 0 Å². The molecule has 92 valence electrons. The molecule has 1 heterocycles. The molecule has 0 saturated heterocycles. The molecule has 0 amide bonds. The van der Waals surface area contributed by atoms with Crippen molar-refractivity contribution in [3.05, 3.63) is 65.2 Å². The molecule has 0 spiro atoms. The first-order valence-corrected chi connectivity index (χ1v) is 6.69. The fourth-order valence-electron chi connectivity index (χ4n) is 2.80. The molecule has 2 aromatic carbocycles. The Hall–Kier alpha value is -1.76. The molecule has 0 saturated carbocycles. The van der Waals surface area contributed by atoms with Crippen LogP contribution in [0.25, 0.3) is 0 Å². The second kappa shape index (κ2) is 4.85. The molecule has 18 heavy (non-hydrogen) atoms. The average molecular weight is 237 g/mol. The molecule has 1 atom stereocenters. The van der Waals surface area contributed by atoms with Crippen molar-refractivity contribution in [3.8, 4) is 0 Å². The smallest absolute Gasteiger partial charge is 0.0372 e. The van der Waals surface area contributed by atoms with Gasteiger partial charge in [-0.1, -0.05) is 42.5 Å². The van der Waals surface area contributed by atoms with Crippen molar-refractivity contribution in [2.24, 2.45) is 5.92 Å². The molecule has 1 nitrogen and oxygen atoms in total. The molecule has 2 aromatic rings. The predicted octanol–water partition coefficient (Wildman–Crippen LogP) is 3.82. The van der Waals surface area contributed by atoms with Crippen LogP contribution >= 0.6 is 0 Å². The molecule has 1 N–H and O–H groups in total. The Morgan fingerprint density at radius 1 is 1.06 bits per heavy atom. The Morgan fingerprint density at radius 3 is 2.72 bits per heavy atom. The van der Waals surface area contributed by atoms with Gasteiger partial charge in [0.25, 0.3) is 0 Å². The zero-order valence-corrected chi connectivity index (χ0v) is 10.8. The first-order chi connectivity index (χ1) is 8.83. The zero-order chi connectivity index (χ0) is 12.4. The standard InChI is InChI=1S/C17H19N/c1-13-6-2-3-7-15(13)10-14-11-16-8-4-5-9-17(16)18-12-14/h2-9,14,18H,10-12H2,1H3. The lowest BCUT2D eigenvalue weighted by molar-refractivity contribution is 0.534. The lowest BCUT2D eigenvalue weighted by atomic mass is 9.88. The molecule has 0 bridgehead atoms. The Morgan fingerprint density at radius 2 is 1.83 bits per heavy atom. The summed E-state index contributed by atoms with van der Waals surface area (Å²) in [5.74, 6) is 0.709. The molecular formula is C17H19N. The molecular weight excluding hydrogens is 218 g/mol. The summed E-state index contributed by atoms with van der Waals surface area (Å²) in [6, 6.07) is 17.4. The van der Waals surface area contributed by atoms with Crippen LogP contribution in [0, 0.1) is 12.8 Å². The first kappa shape index (κ1) is 11.3. The largest absolute Gasteiger partial charge is 0.385 e. The molecule has 1 heteroatoms. The number of benzene rings is 2. The van der Waals surface area contributed by atoms with Crippen LogP contribution in [0.15, 0.2) is 48.5 Å². The molecule has 1 aliphatic heterocycles. The van der Waals surface area contributed by atoms with Gasteiger partial charge < -0.3 is 5.32 Å². The van der Waals surface area contributed by atoms with E-state index in [0.29, 0.717) is 5.92 Å². The van der Waals surface area contributed by atoms with Crippen LogP contribution in [0.1, 0.15) is 16.7 Å². The van der Waals surface area contributed by atoms with Crippen LogP contribution in [-0.4, -0.2) is 6.54 Å². The third kappa shape index (κ3) is 2.26. The maximum Gasteiger partial charge on any atom is 0.0372 e. The van der Waals surface area contributed by atoms with Crippen molar-refractivity contribution < 1.29 is 0 Å². The number of fused-ring (bicyclic) bond motifs is 1. The van der Waals surface area contributed by atoms with Crippen molar-refractivity contribution in [2.75, 3.05) is 11.9 Å². The topological polar surface area (TPSA) is 12.0 Å². The number of aryl methyl sites for hydroxylation is 1. The van der Waals surface area contributed by atoms with Gasteiger partial charge in [0.15, 0.2) is 0 Å². The molecule has 0 aliphatic carbocycles. The van der Waals surface area contributed by atoms with Crippen LogP contribution in [0.2, 0.25) is 0 Å². The monoisotopic (exact) mass is 237 g/mol. The predicted molar refractivity (Wildman–Crippen MR) is 77.0 cm³/mol. The van der Waals surface area contributed by atoms with Gasteiger partial charge in [0, 0.05) is 12.2 Å². The second-order valence-corrected chi connectivity index (χ2v) is 5.24. The van der Waals surface area contributed by atoms with Crippen LogP contribution in [0.3, 0.4) is 0 Å². The Balaban J connectivity index is 1.75. The Kier molecular flexibility index (Phi) is 3.06. The number of hydrogen-bond acceptors (Lipinski definition) is 1. The summed E-state index contributed by atoms with van der Waals surface area (Å²) in [4.78, 5) is 0. The maximum atomic E-state index is 3.55. The number of para-hydroxylation sites is 1. The Bertz CT molecular complexity index is 545. The van der Waals surface area contributed by atoms with Gasteiger partial charge in [0.05, 0.1) is 0 Å². The summed E-state index contributed by atoms with van der Waals surface area (Å²) >= 11 is 0. The second-order valence-electron chi connectivity index (χ2n) is 5.24. The molecule has 0 aromatic heterocycles. The minimum absolute atomic E-state index is 0.709.